The fourth-order valence-electron chi connectivity index (χ4n) is 2.74. The van der Waals surface area contributed by atoms with Gasteiger partial charge in [-0.25, -0.2) is 4.39 Å². The number of nitrogens with zero attached hydrogens (tertiary/aromatic N) is 3. The van der Waals surface area contributed by atoms with Gasteiger partial charge in [-0.2, -0.15) is 14.0 Å². The van der Waals surface area contributed by atoms with E-state index in [1.54, 1.807) is 19.2 Å². The number of aryl methyl sites for hydroxylation is 1. The first-order chi connectivity index (χ1) is 12.0. The van der Waals surface area contributed by atoms with E-state index in [2.05, 4.69) is 9.73 Å². The third-order valence-corrected chi connectivity index (χ3v) is 4.95. The molecule has 0 bridgehead atoms. The van der Waals surface area contributed by atoms with E-state index in [-0.39, 0.29) is 28.7 Å². The molecule has 25 heavy (non-hydrogen) atoms. The van der Waals surface area contributed by atoms with Gasteiger partial charge in [0.1, 0.15) is 11.9 Å². The number of pyridine rings is 1. The van der Waals surface area contributed by atoms with Crippen molar-refractivity contribution in [2.45, 2.75) is 24.0 Å². The Morgan fingerprint density at radius 1 is 1.44 bits per heavy atom. The van der Waals surface area contributed by atoms with Gasteiger partial charge in [0.25, 0.3) is 0 Å². The van der Waals surface area contributed by atoms with Crippen molar-refractivity contribution in [3.05, 3.63) is 52.9 Å². The van der Waals surface area contributed by atoms with Crippen molar-refractivity contribution < 1.29 is 17.9 Å². The molecule has 0 spiro atoms. The van der Waals surface area contributed by atoms with E-state index in [0.717, 1.165) is 5.56 Å². The summed E-state index contributed by atoms with van der Waals surface area (Å²) in [6.45, 7) is -3.03. The zero-order chi connectivity index (χ0) is 18.0. The molecule has 0 saturated carbocycles. The van der Waals surface area contributed by atoms with Crippen LogP contribution in [0.25, 0.3) is 0 Å². The minimum atomic E-state index is -3.03. The fraction of sp³-hybridized carbons (Fsp3) is 0.294. The smallest absolute Gasteiger partial charge is 0.387 e. The summed E-state index contributed by atoms with van der Waals surface area (Å²) in [5.41, 5.74) is 1.10. The molecule has 1 aliphatic rings. The van der Waals surface area contributed by atoms with Crippen molar-refractivity contribution >= 4 is 11.8 Å². The van der Waals surface area contributed by atoms with Crippen LogP contribution in [0.15, 0.2) is 40.4 Å². The predicted octanol–water partition coefficient (Wildman–Crippen LogP) is 3.78. The third kappa shape index (κ3) is 3.66. The first kappa shape index (κ1) is 17.4. The molecule has 1 aromatic heterocycles. The number of hydrogen-bond donors (Lipinski definition) is 0. The average Bonchev–Trinajstić information content (AvgIpc) is 2.58. The monoisotopic (exact) mass is 365 g/mol. The summed E-state index contributed by atoms with van der Waals surface area (Å²) in [7, 11) is 1.60. The minimum absolute atomic E-state index is 0.173. The van der Waals surface area contributed by atoms with Gasteiger partial charge in [-0.05, 0) is 18.1 Å². The van der Waals surface area contributed by atoms with Gasteiger partial charge in [-0.15, -0.1) is 11.8 Å². The first-order valence-electron chi connectivity index (χ1n) is 7.50. The van der Waals surface area contributed by atoms with Crippen LogP contribution < -0.4 is 10.2 Å². The highest BCUT2D eigenvalue weighted by atomic mass is 32.2. The van der Waals surface area contributed by atoms with Crippen LogP contribution in [0.5, 0.6) is 5.75 Å². The van der Waals surface area contributed by atoms with Crippen molar-refractivity contribution in [1.82, 2.24) is 4.57 Å². The molecule has 1 unspecified atom stereocenters. The molecule has 8 heteroatoms. The molecule has 1 atom stereocenters. The van der Waals surface area contributed by atoms with E-state index in [4.69, 9.17) is 5.26 Å². The number of nitriles is 1. The van der Waals surface area contributed by atoms with E-state index < -0.39 is 6.61 Å². The molecular formula is C17H14F3N3OS. The van der Waals surface area contributed by atoms with E-state index >= 15 is 0 Å². The van der Waals surface area contributed by atoms with Gasteiger partial charge in [0.05, 0.1) is 11.6 Å². The molecule has 0 aliphatic carbocycles. The Labute approximate surface area is 146 Å². The van der Waals surface area contributed by atoms with E-state index in [0.29, 0.717) is 17.1 Å². The summed E-state index contributed by atoms with van der Waals surface area (Å²) in [5, 5.41) is 9.01. The standard InChI is InChI=1S/C17H14F3N3OS/c1-23-9-10(8-21)7-14(24-17(19)20)16(23)22-13-5-6-25-15-11(13)3-2-4-12(15)18/h2-4,7,9,13,17H,5-6H2,1H3/b22-16-. The molecule has 0 radical (unpaired) electrons. The number of ether oxygens (including phenoxy) is 1. The van der Waals surface area contributed by atoms with Crippen LogP contribution in [-0.4, -0.2) is 16.9 Å². The second-order valence-electron chi connectivity index (χ2n) is 5.46. The molecular weight excluding hydrogens is 351 g/mol. The normalized spacial score (nSPS) is 17.3. The maximum atomic E-state index is 14.0. The Balaban J connectivity index is 2.14. The fourth-order valence-corrected chi connectivity index (χ4v) is 3.86. The van der Waals surface area contributed by atoms with Crippen molar-refractivity contribution in [3.8, 4) is 11.8 Å². The van der Waals surface area contributed by atoms with Crippen LogP contribution in [0.3, 0.4) is 0 Å². The Morgan fingerprint density at radius 3 is 2.96 bits per heavy atom. The van der Waals surface area contributed by atoms with Crippen LogP contribution in [0.4, 0.5) is 13.2 Å². The highest BCUT2D eigenvalue weighted by Gasteiger charge is 2.23. The summed E-state index contributed by atoms with van der Waals surface area (Å²) in [6, 6.07) is 7.54. The lowest BCUT2D eigenvalue weighted by Gasteiger charge is -2.22. The molecule has 0 N–H and O–H groups in total. The molecule has 1 aromatic carbocycles. The lowest BCUT2D eigenvalue weighted by atomic mass is 10.0. The van der Waals surface area contributed by atoms with Crippen LogP contribution in [0.1, 0.15) is 23.6 Å². The summed E-state index contributed by atoms with van der Waals surface area (Å²) >= 11 is 1.42. The number of fused-ring (bicyclic) bond motifs is 1. The second-order valence-corrected chi connectivity index (χ2v) is 6.56. The number of rotatable bonds is 3. The third-order valence-electron chi connectivity index (χ3n) is 3.79. The predicted molar refractivity (Wildman–Crippen MR) is 86.8 cm³/mol. The zero-order valence-corrected chi connectivity index (χ0v) is 14.1. The van der Waals surface area contributed by atoms with Gasteiger partial charge >= 0.3 is 6.61 Å². The highest BCUT2D eigenvalue weighted by molar-refractivity contribution is 7.99. The number of alkyl halides is 2. The number of benzene rings is 1. The number of aromatic nitrogens is 1. The SMILES string of the molecule is Cn1cc(C#N)cc(OC(F)F)/c1=N/C1CCSc2c(F)cccc21. The van der Waals surface area contributed by atoms with Crippen LogP contribution >= 0.6 is 11.8 Å². The highest BCUT2D eigenvalue weighted by Crippen LogP contribution is 2.39. The number of halogens is 3. The maximum absolute atomic E-state index is 14.0. The van der Waals surface area contributed by atoms with Crippen molar-refractivity contribution in [1.29, 1.82) is 5.26 Å². The van der Waals surface area contributed by atoms with Gasteiger partial charge in [0.15, 0.2) is 11.2 Å². The molecule has 0 fully saturated rings. The summed E-state index contributed by atoms with van der Waals surface area (Å²) in [5.74, 6) is 0.191. The molecule has 2 aromatic rings. The van der Waals surface area contributed by atoms with Crippen LogP contribution in [0.2, 0.25) is 0 Å². The largest absolute Gasteiger partial charge is 0.431 e. The van der Waals surface area contributed by atoms with Gasteiger partial charge in [-0.1, -0.05) is 12.1 Å². The molecule has 3 rings (SSSR count). The first-order valence-corrected chi connectivity index (χ1v) is 8.49. The molecule has 130 valence electrons. The average molecular weight is 365 g/mol. The van der Waals surface area contributed by atoms with Crippen molar-refractivity contribution in [3.63, 3.8) is 0 Å². The molecule has 0 saturated heterocycles. The Kier molecular flexibility index (Phi) is 5.04. The van der Waals surface area contributed by atoms with E-state index in [1.165, 1.54) is 34.7 Å². The van der Waals surface area contributed by atoms with Gasteiger partial charge in [-0.3, -0.25) is 4.99 Å². The lowest BCUT2D eigenvalue weighted by molar-refractivity contribution is -0.0513. The summed E-state index contributed by atoms with van der Waals surface area (Å²) in [6.07, 6.45) is 2.14. The number of hydrogen-bond acceptors (Lipinski definition) is 4. The summed E-state index contributed by atoms with van der Waals surface area (Å²) < 4.78 is 45.5. The topological polar surface area (TPSA) is 50.3 Å². The molecule has 1 aliphatic heterocycles. The minimum Gasteiger partial charge on any atom is -0.431 e. The molecule has 0 amide bonds. The van der Waals surface area contributed by atoms with Gasteiger partial charge < -0.3 is 9.30 Å². The quantitative estimate of drug-likeness (QED) is 0.832. The Bertz CT molecular complexity index is 905. The van der Waals surface area contributed by atoms with Crippen molar-refractivity contribution in [2.75, 3.05) is 5.75 Å². The van der Waals surface area contributed by atoms with E-state index in [1.807, 2.05) is 6.07 Å². The van der Waals surface area contributed by atoms with E-state index in [9.17, 15) is 13.2 Å². The lowest BCUT2D eigenvalue weighted by Crippen LogP contribution is -2.24. The molecule has 4 nitrogen and oxygen atoms in total. The number of thioether (sulfide) groups is 1. The van der Waals surface area contributed by atoms with Crippen LogP contribution in [0, 0.1) is 17.1 Å². The molecule has 2 heterocycles. The van der Waals surface area contributed by atoms with Crippen LogP contribution in [-0.2, 0) is 7.05 Å². The Hall–Kier alpha value is -2.40. The Morgan fingerprint density at radius 2 is 2.24 bits per heavy atom. The van der Waals surface area contributed by atoms with Crippen molar-refractivity contribution in [2.24, 2.45) is 12.0 Å². The van der Waals surface area contributed by atoms with Gasteiger partial charge in [0.2, 0.25) is 0 Å². The summed E-state index contributed by atoms with van der Waals surface area (Å²) in [4.78, 5) is 5.08. The van der Waals surface area contributed by atoms with Gasteiger partial charge in [0, 0.05) is 30.0 Å². The second kappa shape index (κ2) is 7.23. The zero-order valence-electron chi connectivity index (χ0n) is 13.2. The maximum Gasteiger partial charge on any atom is 0.387 e.